The van der Waals surface area contributed by atoms with E-state index in [4.69, 9.17) is 16.3 Å². The van der Waals surface area contributed by atoms with Crippen LogP contribution in [0, 0.1) is 17.5 Å². The number of methoxy groups -OCH3 is 1. The van der Waals surface area contributed by atoms with Crippen LogP contribution in [0.5, 0.6) is 5.75 Å². The lowest BCUT2D eigenvalue weighted by Crippen LogP contribution is -2.15. The summed E-state index contributed by atoms with van der Waals surface area (Å²) in [4.78, 5) is 11.9. The highest BCUT2D eigenvalue weighted by molar-refractivity contribution is 6.29. The van der Waals surface area contributed by atoms with Gasteiger partial charge in [-0.15, -0.1) is 10.2 Å². The van der Waals surface area contributed by atoms with E-state index >= 15 is 0 Å². The van der Waals surface area contributed by atoms with Gasteiger partial charge < -0.3 is 10.1 Å². The minimum atomic E-state index is -1.66. The molecule has 21 heavy (non-hydrogen) atoms. The van der Waals surface area contributed by atoms with E-state index in [1.54, 1.807) is 0 Å². The topological polar surface area (TPSA) is 64.1 Å². The second-order valence-electron chi connectivity index (χ2n) is 3.79. The van der Waals surface area contributed by atoms with Crippen molar-refractivity contribution in [3.8, 4) is 5.75 Å². The third kappa shape index (κ3) is 3.22. The molecule has 1 amide bonds. The molecule has 0 bridgehead atoms. The first-order valence-corrected chi connectivity index (χ1v) is 5.83. The molecular formula is C12H7ClF3N3O2. The summed E-state index contributed by atoms with van der Waals surface area (Å²) in [6, 6.07) is 2.41. The molecule has 0 atom stereocenters. The van der Waals surface area contributed by atoms with Gasteiger partial charge in [0.2, 0.25) is 0 Å². The zero-order valence-electron chi connectivity index (χ0n) is 10.5. The zero-order valence-corrected chi connectivity index (χ0v) is 11.2. The van der Waals surface area contributed by atoms with Crippen LogP contribution in [0.3, 0.4) is 0 Å². The number of rotatable bonds is 3. The van der Waals surface area contributed by atoms with Crippen LogP contribution in [0.4, 0.5) is 19.0 Å². The van der Waals surface area contributed by atoms with Gasteiger partial charge in [0.05, 0.1) is 7.11 Å². The van der Waals surface area contributed by atoms with Crippen molar-refractivity contribution in [1.29, 1.82) is 0 Å². The molecule has 1 aromatic heterocycles. The molecule has 2 aromatic rings. The highest BCUT2D eigenvalue weighted by atomic mass is 35.5. The van der Waals surface area contributed by atoms with Crippen LogP contribution < -0.4 is 10.1 Å². The number of amides is 1. The molecule has 0 unspecified atom stereocenters. The van der Waals surface area contributed by atoms with Gasteiger partial charge in [-0.1, -0.05) is 11.6 Å². The van der Waals surface area contributed by atoms with Crippen LogP contribution in [0.2, 0.25) is 5.15 Å². The second kappa shape index (κ2) is 5.96. The van der Waals surface area contributed by atoms with Gasteiger partial charge in [-0.25, -0.2) is 13.2 Å². The number of benzene rings is 1. The van der Waals surface area contributed by atoms with Crippen LogP contribution >= 0.6 is 11.6 Å². The normalized spacial score (nSPS) is 10.3. The van der Waals surface area contributed by atoms with Gasteiger partial charge in [0.1, 0.15) is 0 Å². The first kappa shape index (κ1) is 15.0. The standard InChI is InChI=1S/C12H7ClF3N3O2/c1-21-8-4-9(13)18-19-11(8)17-12(20)5-2-6(14)10(16)7(15)3-5/h2-4H,1H3,(H,17,19,20). The summed E-state index contributed by atoms with van der Waals surface area (Å²) in [5, 5.41) is 9.33. The average Bonchev–Trinajstić information content (AvgIpc) is 2.45. The molecule has 0 aliphatic rings. The van der Waals surface area contributed by atoms with Gasteiger partial charge in [0, 0.05) is 11.6 Å². The van der Waals surface area contributed by atoms with E-state index in [1.807, 2.05) is 0 Å². The van der Waals surface area contributed by atoms with Crippen molar-refractivity contribution in [2.45, 2.75) is 0 Å². The lowest BCUT2D eigenvalue weighted by Gasteiger charge is -2.08. The fraction of sp³-hybridized carbons (Fsp3) is 0.0833. The lowest BCUT2D eigenvalue weighted by atomic mass is 10.2. The van der Waals surface area contributed by atoms with Crippen molar-refractivity contribution in [2.24, 2.45) is 0 Å². The van der Waals surface area contributed by atoms with Crippen LogP contribution in [0.15, 0.2) is 18.2 Å². The Hall–Kier alpha value is -2.35. The average molecular weight is 318 g/mol. The van der Waals surface area contributed by atoms with Crippen molar-refractivity contribution >= 4 is 23.3 Å². The van der Waals surface area contributed by atoms with E-state index in [9.17, 15) is 18.0 Å². The Morgan fingerprint density at radius 3 is 2.38 bits per heavy atom. The van der Waals surface area contributed by atoms with E-state index in [-0.39, 0.29) is 16.7 Å². The molecule has 0 radical (unpaired) electrons. The molecule has 0 saturated heterocycles. The van der Waals surface area contributed by atoms with Gasteiger partial charge in [-0.3, -0.25) is 4.79 Å². The summed E-state index contributed by atoms with van der Waals surface area (Å²) in [6.07, 6.45) is 0. The molecule has 0 aliphatic heterocycles. The number of hydrogen-bond acceptors (Lipinski definition) is 4. The van der Waals surface area contributed by atoms with E-state index in [0.29, 0.717) is 12.1 Å². The Balaban J connectivity index is 2.30. The van der Waals surface area contributed by atoms with Crippen LogP contribution in [-0.4, -0.2) is 23.2 Å². The van der Waals surface area contributed by atoms with Crippen LogP contribution in [0.25, 0.3) is 0 Å². The van der Waals surface area contributed by atoms with Crippen molar-refractivity contribution in [1.82, 2.24) is 10.2 Å². The Morgan fingerprint density at radius 2 is 1.81 bits per heavy atom. The molecule has 0 saturated carbocycles. The molecule has 0 aliphatic carbocycles. The molecule has 5 nitrogen and oxygen atoms in total. The third-order valence-corrected chi connectivity index (χ3v) is 2.61. The number of anilines is 1. The number of halogens is 4. The minimum absolute atomic E-state index is 0.0312. The number of hydrogen-bond donors (Lipinski definition) is 1. The van der Waals surface area contributed by atoms with Gasteiger partial charge >= 0.3 is 0 Å². The molecule has 1 aromatic carbocycles. The number of aromatic nitrogens is 2. The summed E-state index contributed by atoms with van der Waals surface area (Å²) in [5.74, 6) is -5.52. The molecule has 2 rings (SSSR count). The Kier molecular flexibility index (Phi) is 4.27. The predicted octanol–water partition coefficient (Wildman–Crippen LogP) is 2.81. The molecule has 9 heteroatoms. The fourth-order valence-electron chi connectivity index (χ4n) is 1.46. The van der Waals surface area contributed by atoms with Gasteiger partial charge in [0.15, 0.2) is 34.2 Å². The molecule has 110 valence electrons. The van der Waals surface area contributed by atoms with Gasteiger partial charge in [0.25, 0.3) is 5.91 Å². The number of carbonyl (C=O) groups excluding carboxylic acids is 1. The van der Waals surface area contributed by atoms with E-state index in [1.165, 1.54) is 13.2 Å². The summed E-state index contributed by atoms with van der Waals surface area (Å²) in [6.45, 7) is 0. The number of nitrogens with zero attached hydrogens (tertiary/aromatic N) is 2. The maximum atomic E-state index is 13.1. The van der Waals surface area contributed by atoms with Gasteiger partial charge in [-0.05, 0) is 12.1 Å². The number of nitrogens with one attached hydrogen (secondary N) is 1. The molecule has 0 spiro atoms. The predicted molar refractivity (Wildman–Crippen MR) is 67.9 cm³/mol. The summed E-state index contributed by atoms with van der Waals surface area (Å²) < 4.78 is 43.9. The second-order valence-corrected chi connectivity index (χ2v) is 4.18. The largest absolute Gasteiger partial charge is 0.493 e. The van der Waals surface area contributed by atoms with Gasteiger partial charge in [-0.2, -0.15) is 0 Å². The van der Waals surface area contributed by atoms with Crippen molar-refractivity contribution in [3.63, 3.8) is 0 Å². The quantitative estimate of drug-likeness (QED) is 0.884. The highest BCUT2D eigenvalue weighted by Crippen LogP contribution is 2.24. The van der Waals surface area contributed by atoms with Crippen molar-refractivity contribution in [2.75, 3.05) is 12.4 Å². The smallest absolute Gasteiger partial charge is 0.257 e. The van der Waals surface area contributed by atoms with E-state index in [0.717, 1.165) is 0 Å². The number of ether oxygens (including phenoxy) is 1. The lowest BCUT2D eigenvalue weighted by molar-refractivity contribution is 0.102. The first-order chi connectivity index (χ1) is 9.92. The van der Waals surface area contributed by atoms with Crippen molar-refractivity contribution < 1.29 is 22.7 Å². The minimum Gasteiger partial charge on any atom is -0.493 e. The SMILES string of the molecule is COc1cc(Cl)nnc1NC(=O)c1cc(F)c(F)c(F)c1. The Labute approximate surface area is 121 Å². The molecule has 1 N–H and O–H groups in total. The van der Waals surface area contributed by atoms with E-state index in [2.05, 4.69) is 15.5 Å². The summed E-state index contributed by atoms with van der Waals surface area (Å²) in [5.41, 5.74) is -0.426. The van der Waals surface area contributed by atoms with E-state index < -0.39 is 28.9 Å². The maximum absolute atomic E-state index is 13.1. The zero-order chi connectivity index (χ0) is 15.6. The first-order valence-electron chi connectivity index (χ1n) is 5.45. The van der Waals surface area contributed by atoms with Crippen molar-refractivity contribution in [3.05, 3.63) is 46.4 Å². The van der Waals surface area contributed by atoms with Crippen LogP contribution in [0.1, 0.15) is 10.4 Å². The molecular weight excluding hydrogens is 311 g/mol. The highest BCUT2D eigenvalue weighted by Gasteiger charge is 2.17. The fourth-order valence-corrected chi connectivity index (χ4v) is 1.60. The molecule has 1 heterocycles. The summed E-state index contributed by atoms with van der Waals surface area (Å²) in [7, 11) is 1.31. The third-order valence-electron chi connectivity index (χ3n) is 2.43. The van der Waals surface area contributed by atoms with Crippen LogP contribution in [-0.2, 0) is 0 Å². The number of carbonyl (C=O) groups is 1. The Bertz CT molecular complexity index is 689. The summed E-state index contributed by atoms with van der Waals surface area (Å²) >= 11 is 5.60. The maximum Gasteiger partial charge on any atom is 0.257 e. The Morgan fingerprint density at radius 1 is 1.19 bits per heavy atom. The monoisotopic (exact) mass is 317 g/mol. The molecule has 0 fully saturated rings.